The number of unbranched alkanes of at least 4 members (excludes halogenated alkanes) is 3. The predicted molar refractivity (Wildman–Crippen MR) is 96.2 cm³/mol. The largest absolute Gasteiger partial charge is 0.393 e. The summed E-state index contributed by atoms with van der Waals surface area (Å²) < 4.78 is 0. The van der Waals surface area contributed by atoms with E-state index in [2.05, 4.69) is 19.6 Å². The third kappa shape index (κ3) is 7.65. The van der Waals surface area contributed by atoms with Crippen LogP contribution in [0.1, 0.15) is 71.1 Å². The van der Waals surface area contributed by atoms with Gasteiger partial charge in [0.25, 0.3) is 0 Å². The minimum atomic E-state index is -0.415. The molecule has 0 aliphatic heterocycles. The summed E-state index contributed by atoms with van der Waals surface area (Å²) in [6.07, 6.45) is 14.0. The molecule has 0 aromatic carbocycles. The van der Waals surface area contributed by atoms with Gasteiger partial charge in [0.05, 0.1) is 18.3 Å². The normalized spacial score (nSPS) is 29.2. The minimum absolute atomic E-state index is 0.134. The summed E-state index contributed by atoms with van der Waals surface area (Å²) in [5.74, 6) is 0.305. The van der Waals surface area contributed by atoms with Gasteiger partial charge in [-0.05, 0) is 56.8 Å². The van der Waals surface area contributed by atoms with Crippen molar-refractivity contribution in [3.63, 3.8) is 0 Å². The molecule has 0 aromatic heterocycles. The van der Waals surface area contributed by atoms with Crippen molar-refractivity contribution in [2.24, 2.45) is 11.8 Å². The van der Waals surface area contributed by atoms with Crippen LogP contribution in [-0.2, 0) is 0 Å². The summed E-state index contributed by atoms with van der Waals surface area (Å²) in [5, 5.41) is 30.5. The molecule has 23 heavy (non-hydrogen) atoms. The van der Waals surface area contributed by atoms with Crippen molar-refractivity contribution in [3.05, 3.63) is 24.8 Å². The molecule has 0 bridgehead atoms. The molecule has 1 aliphatic rings. The van der Waals surface area contributed by atoms with Gasteiger partial charge in [-0.25, -0.2) is 0 Å². The van der Waals surface area contributed by atoms with E-state index >= 15 is 0 Å². The first-order chi connectivity index (χ1) is 11.1. The lowest BCUT2D eigenvalue weighted by Crippen LogP contribution is -2.23. The summed E-state index contributed by atoms with van der Waals surface area (Å²) >= 11 is 0. The molecule has 5 atom stereocenters. The predicted octanol–water partition coefficient (Wildman–Crippen LogP) is 3.98. The minimum Gasteiger partial charge on any atom is -0.393 e. The average Bonchev–Trinajstić information content (AvgIpc) is 2.79. The van der Waals surface area contributed by atoms with Crippen LogP contribution in [-0.4, -0.2) is 33.6 Å². The Morgan fingerprint density at radius 2 is 1.74 bits per heavy atom. The van der Waals surface area contributed by atoms with Crippen LogP contribution >= 0.6 is 0 Å². The lowest BCUT2D eigenvalue weighted by Gasteiger charge is -2.24. The fourth-order valence-electron chi connectivity index (χ4n) is 3.80. The van der Waals surface area contributed by atoms with Gasteiger partial charge < -0.3 is 15.3 Å². The Hall–Kier alpha value is -0.640. The van der Waals surface area contributed by atoms with Crippen LogP contribution in [0.15, 0.2) is 24.8 Å². The van der Waals surface area contributed by atoms with E-state index in [0.717, 1.165) is 44.9 Å². The first-order valence-electron chi connectivity index (χ1n) is 9.41. The standard InChI is InChI=1S/C20H36O3/c1-3-5-7-8-10-12-17-18(20(23)15-19(17)22)14-13-16(21)11-9-6-4-2/h3,5,7,16-23H,1,4,6,8-15H2,2H3/t16?,17-,18-,19?,20?/m1/s1. The molecule has 0 heterocycles. The van der Waals surface area contributed by atoms with Crippen LogP contribution < -0.4 is 0 Å². The average molecular weight is 325 g/mol. The molecular weight excluding hydrogens is 288 g/mol. The quantitative estimate of drug-likeness (QED) is 0.376. The molecule has 3 nitrogen and oxygen atoms in total. The van der Waals surface area contributed by atoms with E-state index in [1.807, 2.05) is 6.08 Å². The van der Waals surface area contributed by atoms with Crippen LogP contribution in [0.25, 0.3) is 0 Å². The van der Waals surface area contributed by atoms with E-state index in [1.54, 1.807) is 6.08 Å². The Morgan fingerprint density at radius 1 is 1.04 bits per heavy atom. The van der Waals surface area contributed by atoms with Crippen molar-refractivity contribution in [2.75, 3.05) is 0 Å². The summed E-state index contributed by atoms with van der Waals surface area (Å²) in [6.45, 7) is 5.82. The van der Waals surface area contributed by atoms with Crippen molar-refractivity contribution >= 4 is 0 Å². The molecule has 0 radical (unpaired) electrons. The van der Waals surface area contributed by atoms with Gasteiger partial charge in [-0.1, -0.05) is 51.0 Å². The molecule has 134 valence electrons. The fraction of sp³-hybridized carbons (Fsp3) is 0.800. The molecule has 0 spiro atoms. The lowest BCUT2D eigenvalue weighted by molar-refractivity contribution is 0.0803. The van der Waals surface area contributed by atoms with Crippen LogP contribution in [0.3, 0.4) is 0 Å². The highest BCUT2D eigenvalue weighted by Crippen LogP contribution is 2.39. The Bertz CT molecular complexity index is 340. The van der Waals surface area contributed by atoms with Gasteiger partial charge in [-0.15, -0.1) is 0 Å². The molecular formula is C20H36O3. The van der Waals surface area contributed by atoms with Crippen molar-refractivity contribution in [1.29, 1.82) is 0 Å². The van der Waals surface area contributed by atoms with Crippen molar-refractivity contribution in [1.82, 2.24) is 0 Å². The van der Waals surface area contributed by atoms with Gasteiger partial charge in [-0.3, -0.25) is 0 Å². The van der Waals surface area contributed by atoms with E-state index < -0.39 is 12.2 Å². The molecule has 1 fully saturated rings. The zero-order valence-electron chi connectivity index (χ0n) is 14.7. The van der Waals surface area contributed by atoms with E-state index in [9.17, 15) is 15.3 Å². The van der Waals surface area contributed by atoms with Crippen molar-refractivity contribution in [3.8, 4) is 0 Å². The second kappa shape index (κ2) is 11.8. The highest BCUT2D eigenvalue weighted by Gasteiger charge is 2.40. The zero-order valence-corrected chi connectivity index (χ0v) is 14.7. The van der Waals surface area contributed by atoms with Crippen LogP contribution in [0.2, 0.25) is 0 Å². The van der Waals surface area contributed by atoms with E-state index in [-0.39, 0.29) is 17.9 Å². The third-order valence-corrected chi connectivity index (χ3v) is 5.18. The SMILES string of the molecule is C=CC=CCCC[C@H]1C(O)CC(O)[C@@H]1CCC(O)CCCCC. The first kappa shape index (κ1) is 20.4. The number of rotatable bonds is 12. The van der Waals surface area contributed by atoms with Crippen molar-refractivity contribution in [2.45, 2.75) is 89.4 Å². The van der Waals surface area contributed by atoms with Crippen LogP contribution in [0.4, 0.5) is 0 Å². The first-order valence-corrected chi connectivity index (χ1v) is 9.41. The van der Waals surface area contributed by atoms with Gasteiger partial charge in [0, 0.05) is 0 Å². The fourth-order valence-corrected chi connectivity index (χ4v) is 3.80. The van der Waals surface area contributed by atoms with E-state index in [4.69, 9.17) is 0 Å². The monoisotopic (exact) mass is 324 g/mol. The zero-order chi connectivity index (χ0) is 17.1. The Balaban J connectivity index is 2.36. The Morgan fingerprint density at radius 3 is 2.39 bits per heavy atom. The summed E-state index contributed by atoms with van der Waals surface area (Å²) in [5.41, 5.74) is 0. The number of aliphatic hydroxyl groups excluding tert-OH is 3. The second-order valence-electron chi connectivity index (χ2n) is 7.02. The van der Waals surface area contributed by atoms with Crippen molar-refractivity contribution < 1.29 is 15.3 Å². The molecule has 0 saturated heterocycles. The molecule has 3 N–H and O–H groups in total. The van der Waals surface area contributed by atoms with Gasteiger partial charge in [0.15, 0.2) is 0 Å². The summed E-state index contributed by atoms with van der Waals surface area (Å²) in [4.78, 5) is 0. The molecule has 3 heteroatoms. The maximum absolute atomic E-state index is 10.2. The highest BCUT2D eigenvalue weighted by molar-refractivity contribution is 4.97. The maximum atomic E-state index is 10.2. The Kier molecular flexibility index (Phi) is 10.5. The molecule has 3 unspecified atom stereocenters. The van der Waals surface area contributed by atoms with Gasteiger partial charge in [-0.2, -0.15) is 0 Å². The molecule has 0 amide bonds. The topological polar surface area (TPSA) is 60.7 Å². The smallest absolute Gasteiger partial charge is 0.0596 e. The lowest BCUT2D eigenvalue weighted by atomic mass is 9.84. The third-order valence-electron chi connectivity index (χ3n) is 5.18. The van der Waals surface area contributed by atoms with Crippen LogP contribution in [0.5, 0.6) is 0 Å². The summed E-state index contributed by atoms with van der Waals surface area (Å²) in [6, 6.07) is 0. The maximum Gasteiger partial charge on any atom is 0.0596 e. The van der Waals surface area contributed by atoms with E-state index in [0.29, 0.717) is 6.42 Å². The van der Waals surface area contributed by atoms with Gasteiger partial charge in [0.2, 0.25) is 0 Å². The number of hydrogen-bond acceptors (Lipinski definition) is 3. The second-order valence-corrected chi connectivity index (χ2v) is 7.02. The molecule has 1 aliphatic carbocycles. The summed E-state index contributed by atoms with van der Waals surface area (Å²) in [7, 11) is 0. The Labute approximate surface area is 142 Å². The highest BCUT2D eigenvalue weighted by atomic mass is 16.3. The van der Waals surface area contributed by atoms with E-state index in [1.165, 1.54) is 12.8 Å². The van der Waals surface area contributed by atoms with Gasteiger partial charge >= 0.3 is 0 Å². The number of hydrogen-bond donors (Lipinski definition) is 3. The molecule has 0 aromatic rings. The number of aliphatic hydroxyl groups is 3. The van der Waals surface area contributed by atoms with Gasteiger partial charge in [0.1, 0.15) is 0 Å². The molecule has 1 rings (SSSR count). The number of allylic oxidation sites excluding steroid dienone is 3. The van der Waals surface area contributed by atoms with Crippen LogP contribution in [0, 0.1) is 11.8 Å². The molecule has 1 saturated carbocycles.